The predicted octanol–water partition coefficient (Wildman–Crippen LogP) is 3.08. The average Bonchev–Trinajstić information content (AvgIpc) is 2.30. The lowest BCUT2D eigenvalue weighted by Gasteiger charge is -2.36. The van der Waals surface area contributed by atoms with Gasteiger partial charge in [-0.25, -0.2) is 0 Å². The molecule has 18 heavy (non-hydrogen) atoms. The second kappa shape index (κ2) is 6.09. The fourth-order valence-corrected chi connectivity index (χ4v) is 2.85. The predicted molar refractivity (Wildman–Crippen MR) is 80.3 cm³/mol. The van der Waals surface area contributed by atoms with Gasteiger partial charge in [0.1, 0.15) is 0 Å². The van der Waals surface area contributed by atoms with Crippen molar-refractivity contribution in [3.63, 3.8) is 0 Å². The van der Waals surface area contributed by atoms with E-state index in [0.717, 1.165) is 22.6 Å². The van der Waals surface area contributed by atoms with Crippen molar-refractivity contribution in [3.05, 3.63) is 29.3 Å². The number of hydrogen-bond acceptors (Lipinski definition) is 3. The molecule has 2 atom stereocenters. The van der Waals surface area contributed by atoms with Gasteiger partial charge in [0.2, 0.25) is 0 Å². The van der Waals surface area contributed by atoms with E-state index in [1.165, 1.54) is 0 Å². The summed E-state index contributed by atoms with van der Waals surface area (Å²) in [5, 5.41) is 11.0. The molecule has 2 unspecified atom stereocenters. The van der Waals surface area contributed by atoms with E-state index in [9.17, 15) is 5.11 Å². The number of aliphatic hydroxyl groups is 1. The van der Waals surface area contributed by atoms with E-state index in [1.807, 2.05) is 46.1 Å². The fraction of sp³-hybridized carbons (Fsp3) is 0.600. The van der Waals surface area contributed by atoms with Crippen LogP contribution in [0.2, 0.25) is 0 Å². The van der Waals surface area contributed by atoms with Gasteiger partial charge in [-0.2, -0.15) is 0 Å². The van der Waals surface area contributed by atoms with Crippen molar-refractivity contribution >= 4 is 12.6 Å². The Bertz CT molecular complexity index is 405. The zero-order chi connectivity index (χ0) is 13.9. The highest BCUT2D eigenvalue weighted by molar-refractivity contribution is 7.80. The molecule has 0 aliphatic rings. The molecular weight excluding hydrogens is 242 g/mol. The van der Waals surface area contributed by atoms with Crippen LogP contribution in [0.3, 0.4) is 0 Å². The third kappa shape index (κ3) is 3.08. The van der Waals surface area contributed by atoms with E-state index in [0.29, 0.717) is 6.42 Å². The quantitative estimate of drug-likeness (QED) is 0.801. The smallest absolute Gasteiger partial charge is 0.0942 e. The maximum atomic E-state index is 11.0. The molecule has 3 heteroatoms. The Morgan fingerprint density at radius 2 is 2.00 bits per heavy atom. The number of benzene rings is 1. The van der Waals surface area contributed by atoms with Gasteiger partial charge in [-0.1, -0.05) is 32.0 Å². The first-order valence-corrected chi connectivity index (χ1v) is 6.93. The van der Waals surface area contributed by atoms with E-state index >= 15 is 0 Å². The summed E-state index contributed by atoms with van der Waals surface area (Å²) in [5.41, 5.74) is 1.25. The molecule has 0 heterocycles. The van der Waals surface area contributed by atoms with Crippen molar-refractivity contribution in [2.75, 3.05) is 20.6 Å². The summed E-state index contributed by atoms with van der Waals surface area (Å²) in [6.45, 7) is 7.00. The summed E-state index contributed by atoms with van der Waals surface area (Å²) >= 11 is 4.57. The van der Waals surface area contributed by atoms with Gasteiger partial charge in [0.15, 0.2) is 0 Å². The van der Waals surface area contributed by atoms with Crippen molar-refractivity contribution in [2.24, 2.45) is 5.92 Å². The summed E-state index contributed by atoms with van der Waals surface area (Å²) in [4.78, 5) is 3.02. The third-order valence-electron chi connectivity index (χ3n) is 3.70. The lowest BCUT2D eigenvalue weighted by molar-refractivity contribution is -0.0314. The maximum absolute atomic E-state index is 11.0. The van der Waals surface area contributed by atoms with Crippen molar-refractivity contribution in [1.82, 2.24) is 4.90 Å². The van der Waals surface area contributed by atoms with Crippen LogP contribution in [0.25, 0.3) is 0 Å². The van der Waals surface area contributed by atoms with Gasteiger partial charge in [-0.3, -0.25) is 0 Å². The minimum atomic E-state index is -0.812. The standard InChI is InChI=1S/C15H25NOS/c1-6-15(17,12(3)10-16(4)5)13-9-7-8-11(2)14(13)18/h7-9,12,17-18H,6,10H2,1-5H3. The zero-order valence-electron chi connectivity index (χ0n) is 12.1. The summed E-state index contributed by atoms with van der Waals surface area (Å²) in [7, 11) is 4.06. The molecule has 2 nitrogen and oxygen atoms in total. The Morgan fingerprint density at radius 1 is 1.39 bits per heavy atom. The molecule has 1 aromatic carbocycles. The summed E-state index contributed by atoms with van der Waals surface area (Å²) in [6.07, 6.45) is 0.693. The van der Waals surface area contributed by atoms with Crippen LogP contribution in [-0.4, -0.2) is 30.6 Å². The Hall–Kier alpha value is -0.510. The van der Waals surface area contributed by atoms with Crippen LogP contribution < -0.4 is 0 Å². The number of aryl methyl sites for hydroxylation is 1. The van der Waals surface area contributed by atoms with Crippen LogP contribution in [0.4, 0.5) is 0 Å². The molecule has 1 rings (SSSR count). The average molecular weight is 267 g/mol. The number of thiol groups is 1. The third-order valence-corrected chi connectivity index (χ3v) is 4.29. The first-order valence-electron chi connectivity index (χ1n) is 6.49. The van der Waals surface area contributed by atoms with E-state index in [-0.39, 0.29) is 5.92 Å². The Balaban J connectivity index is 3.18. The summed E-state index contributed by atoms with van der Waals surface area (Å²) in [5.74, 6) is 0.158. The molecule has 0 aliphatic carbocycles. The monoisotopic (exact) mass is 267 g/mol. The second-order valence-corrected chi connectivity index (χ2v) is 5.86. The van der Waals surface area contributed by atoms with Crippen molar-refractivity contribution in [1.29, 1.82) is 0 Å². The highest BCUT2D eigenvalue weighted by Crippen LogP contribution is 2.37. The molecule has 1 N–H and O–H groups in total. The second-order valence-electron chi connectivity index (χ2n) is 5.41. The van der Waals surface area contributed by atoms with Gasteiger partial charge in [-0.15, -0.1) is 12.6 Å². The van der Waals surface area contributed by atoms with Gasteiger partial charge in [0.05, 0.1) is 5.60 Å². The van der Waals surface area contributed by atoms with E-state index in [1.54, 1.807) is 0 Å². The molecule has 0 saturated heterocycles. The first kappa shape index (κ1) is 15.5. The van der Waals surface area contributed by atoms with Crippen LogP contribution in [0.5, 0.6) is 0 Å². The van der Waals surface area contributed by atoms with Crippen molar-refractivity contribution in [2.45, 2.75) is 37.7 Å². The molecule has 0 radical (unpaired) electrons. The molecule has 0 fully saturated rings. The Labute approximate surface area is 116 Å². The highest BCUT2D eigenvalue weighted by Gasteiger charge is 2.35. The van der Waals surface area contributed by atoms with Gasteiger partial charge in [0, 0.05) is 17.4 Å². The van der Waals surface area contributed by atoms with Crippen molar-refractivity contribution in [3.8, 4) is 0 Å². The molecule has 0 aromatic heterocycles. The van der Waals surface area contributed by atoms with Gasteiger partial charge >= 0.3 is 0 Å². The molecule has 1 aromatic rings. The maximum Gasteiger partial charge on any atom is 0.0942 e. The molecule has 102 valence electrons. The van der Waals surface area contributed by atoms with Gasteiger partial charge in [0.25, 0.3) is 0 Å². The molecular formula is C15H25NOS. The highest BCUT2D eigenvalue weighted by atomic mass is 32.1. The van der Waals surface area contributed by atoms with E-state index in [2.05, 4.69) is 24.5 Å². The largest absolute Gasteiger partial charge is 0.385 e. The van der Waals surface area contributed by atoms with Crippen LogP contribution in [0.15, 0.2) is 23.1 Å². The van der Waals surface area contributed by atoms with Crippen LogP contribution in [0, 0.1) is 12.8 Å². The van der Waals surface area contributed by atoms with E-state index < -0.39 is 5.60 Å². The Morgan fingerprint density at radius 3 is 2.50 bits per heavy atom. The zero-order valence-corrected chi connectivity index (χ0v) is 13.0. The van der Waals surface area contributed by atoms with Gasteiger partial charge < -0.3 is 10.0 Å². The lowest BCUT2D eigenvalue weighted by Crippen LogP contribution is -2.39. The normalized spacial score (nSPS) is 16.7. The Kier molecular flexibility index (Phi) is 5.26. The topological polar surface area (TPSA) is 23.5 Å². The summed E-state index contributed by atoms with van der Waals surface area (Å²) < 4.78 is 0. The molecule has 0 bridgehead atoms. The minimum Gasteiger partial charge on any atom is -0.385 e. The molecule has 0 aliphatic heterocycles. The van der Waals surface area contributed by atoms with Crippen molar-refractivity contribution < 1.29 is 5.11 Å². The SMILES string of the molecule is CCC(O)(c1cccc(C)c1S)C(C)CN(C)C. The molecule has 0 spiro atoms. The fourth-order valence-electron chi connectivity index (χ4n) is 2.51. The first-order chi connectivity index (χ1) is 8.32. The van der Waals surface area contributed by atoms with E-state index in [4.69, 9.17) is 0 Å². The molecule has 0 amide bonds. The number of rotatable bonds is 5. The number of nitrogens with zero attached hydrogens (tertiary/aromatic N) is 1. The number of hydrogen-bond donors (Lipinski definition) is 2. The lowest BCUT2D eigenvalue weighted by atomic mass is 9.79. The molecule has 0 saturated carbocycles. The summed E-state index contributed by atoms with van der Waals surface area (Å²) in [6, 6.07) is 6.01. The van der Waals surface area contributed by atoms with Crippen LogP contribution in [-0.2, 0) is 5.60 Å². The van der Waals surface area contributed by atoms with Crippen LogP contribution >= 0.6 is 12.6 Å². The van der Waals surface area contributed by atoms with Gasteiger partial charge in [-0.05, 0) is 38.6 Å². The van der Waals surface area contributed by atoms with Crippen LogP contribution in [0.1, 0.15) is 31.4 Å². The minimum absolute atomic E-state index is 0.158.